The summed E-state index contributed by atoms with van der Waals surface area (Å²) in [5.74, 6) is -0.0793. The minimum absolute atomic E-state index is 0.0793. The van der Waals surface area contributed by atoms with Crippen LogP contribution in [0.25, 0.3) is 0 Å². The average molecular weight is 140 g/mol. The van der Waals surface area contributed by atoms with Gasteiger partial charge in [0.2, 0.25) is 0 Å². The zero-order valence-electron chi connectivity index (χ0n) is 6.22. The first kappa shape index (κ1) is 7.32. The predicted octanol–water partition coefficient (Wildman–Crippen LogP) is 1.66. The lowest BCUT2D eigenvalue weighted by atomic mass is 9.99. The lowest BCUT2D eigenvalue weighted by Crippen LogP contribution is -2.22. The Balaban J connectivity index is 2.53. The lowest BCUT2D eigenvalue weighted by molar-refractivity contribution is -0.146. The molecule has 56 valence electrons. The molecule has 1 atom stereocenters. The number of cyclic esters (lactones) is 1. The highest BCUT2D eigenvalue weighted by molar-refractivity contribution is 5.72. The Morgan fingerprint density at radius 3 is 3.00 bits per heavy atom. The fourth-order valence-corrected chi connectivity index (χ4v) is 1.19. The van der Waals surface area contributed by atoms with Gasteiger partial charge < -0.3 is 4.74 Å². The van der Waals surface area contributed by atoms with Crippen LogP contribution in [0, 0.1) is 0 Å². The second-order valence-corrected chi connectivity index (χ2v) is 2.92. The third kappa shape index (κ3) is 1.38. The molecule has 0 amide bonds. The highest BCUT2D eigenvalue weighted by atomic mass is 16.6. The number of ether oxygens (including phenoxy) is 1. The summed E-state index contributed by atoms with van der Waals surface area (Å²) in [5.41, 5.74) is -0.251. The minimum atomic E-state index is -0.251. The third-order valence-corrected chi connectivity index (χ3v) is 1.79. The Labute approximate surface area is 60.9 Å². The molecule has 0 saturated carbocycles. The summed E-state index contributed by atoms with van der Waals surface area (Å²) in [6, 6.07) is 0. The van der Waals surface area contributed by atoms with E-state index in [1.54, 1.807) is 6.08 Å². The fraction of sp³-hybridized carbons (Fsp3) is 0.625. The van der Waals surface area contributed by atoms with E-state index in [2.05, 4.69) is 6.58 Å². The van der Waals surface area contributed by atoms with Crippen molar-refractivity contribution in [3.8, 4) is 0 Å². The number of rotatable bonds is 2. The summed E-state index contributed by atoms with van der Waals surface area (Å²) in [7, 11) is 0. The number of hydrogen-bond acceptors (Lipinski definition) is 2. The topological polar surface area (TPSA) is 26.3 Å². The predicted molar refractivity (Wildman–Crippen MR) is 38.5 cm³/mol. The van der Waals surface area contributed by atoms with Crippen LogP contribution in [0.15, 0.2) is 12.7 Å². The van der Waals surface area contributed by atoms with Crippen molar-refractivity contribution < 1.29 is 9.53 Å². The van der Waals surface area contributed by atoms with Gasteiger partial charge in [0.25, 0.3) is 0 Å². The molecule has 1 aliphatic heterocycles. The van der Waals surface area contributed by atoms with Crippen molar-refractivity contribution in [1.82, 2.24) is 0 Å². The highest BCUT2D eigenvalue weighted by Crippen LogP contribution is 2.29. The Bertz CT molecular complexity index is 163. The van der Waals surface area contributed by atoms with E-state index in [1.165, 1.54) is 0 Å². The summed E-state index contributed by atoms with van der Waals surface area (Å²) in [4.78, 5) is 10.7. The molecule has 0 spiro atoms. The van der Waals surface area contributed by atoms with E-state index >= 15 is 0 Å². The number of hydrogen-bond donors (Lipinski definition) is 0. The summed E-state index contributed by atoms with van der Waals surface area (Å²) in [6.07, 6.45) is 3.94. The molecule has 1 rings (SSSR count). The van der Waals surface area contributed by atoms with Crippen molar-refractivity contribution in [3.63, 3.8) is 0 Å². The van der Waals surface area contributed by atoms with E-state index in [0.717, 1.165) is 12.8 Å². The molecule has 0 aromatic carbocycles. The largest absolute Gasteiger partial charge is 0.459 e. The summed E-state index contributed by atoms with van der Waals surface area (Å²) in [6.45, 7) is 5.55. The van der Waals surface area contributed by atoms with E-state index in [4.69, 9.17) is 4.74 Å². The van der Waals surface area contributed by atoms with Crippen molar-refractivity contribution in [3.05, 3.63) is 12.7 Å². The SMILES string of the molecule is C=CC[C@@]1(C)CCC(=O)O1. The first-order valence-electron chi connectivity index (χ1n) is 3.49. The van der Waals surface area contributed by atoms with Gasteiger partial charge in [0.15, 0.2) is 0 Å². The Morgan fingerprint density at radius 1 is 1.90 bits per heavy atom. The molecule has 2 nitrogen and oxygen atoms in total. The minimum Gasteiger partial charge on any atom is -0.459 e. The summed E-state index contributed by atoms with van der Waals surface area (Å²) in [5, 5.41) is 0. The number of carbonyl (C=O) groups excluding carboxylic acids is 1. The monoisotopic (exact) mass is 140 g/mol. The first-order chi connectivity index (χ1) is 4.66. The smallest absolute Gasteiger partial charge is 0.306 e. The second kappa shape index (κ2) is 2.45. The van der Waals surface area contributed by atoms with Crippen LogP contribution in [0.2, 0.25) is 0 Å². The van der Waals surface area contributed by atoms with Gasteiger partial charge in [0.05, 0.1) is 0 Å². The molecule has 0 aliphatic carbocycles. The molecule has 1 heterocycles. The van der Waals surface area contributed by atoms with Crippen LogP contribution in [-0.4, -0.2) is 11.6 Å². The van der Waals surface area contributed by atoms with Crippen molar-refractivity contribution in [2.75, 3.05) is 0 Å². The van der Waals surface area contributed by atoms with Crippen LogP contribution in [0.3, 0.4) is 0 Å². The van der Waals surface area contributed by atoms with Crippen molar-refractivity contribution in [1.29, 1.82) is 0 Å². The molecule has 0 aromatic heterocycles. The van der Waals surface area contributed by atoms with Gasteiger partial charge in [0.1, 0.15) is 5.60 Å². The normalized spacial score (nSPS) is 31.9. The lowest BCUT2D eigenvalue weighted by Gasteiger charge is -2.19. The van der Waals surface area contributed by atoms with Gasteiger partial charge in [-0.3, -0.25) is 4.79 Å². The van der Waals surface area contributed by atoms with E-state index in [-0.39, 0.29) is 11.6 Å². The molecule has 1 saturated heterocycles. The maximum absolute atomic E-state index is 10.7. The quantitative estimate of drug-likeness (QED) is 0.430. The van der Waals surface area contributed by atoms with Crippen LogP contribution < -0.4 is 0 Å². The maximum Gasteiger partial charge on any atom is 0.306 e. The molecule has 0 bridgehead atoms. The summed E-state index contributed by atoms with van der Waals surface area (Å²) < 4.78 is 5.08. The van der Waals surface area contributed by atoms with E-state index < -0.39 is 0 Å². The van der Waals surface area contributed by atoms with Gasteiger partial charge in [0, 0.05) is 12.8 Å². The van der Waals surface area contributed by atoms with E-state index in [1.807, 2.05) is 6.92 Å². The molecular formula is C8H12O2. The number of carbonyl (C=O) groups is 1. The molecule has 0 radical (unpaired) electrons. The van der Waals surface area contributed by atoms with E-state index in [0.29, 0.717) is 6.42 Å². The summed E-state index contributed by atoms with van der Waals surface area (Å²) >= 11 is 0. The van der Waals surface area contributed by atoms with Crippen LogP contribution in [0.1, 0.15) is 26.2 Å². The van der Waals surface area contributed by atoms with Gasteiger partial charge in [-0.1, -0.05) is 6.08 Å². The van der Waals surface area contributed by atoms with Gasteiger partial charge in [-0.05, 0) is 13.3 Å². The first-order valence-corrected chi connectivity index (χ1v) is 3.49. The third-order valence-electron chi connectivity index (χ3n) is 1.79. The molecule has 2 heteroatoms. The molecule has 0 N–H and O–H groups in total. The van der Waals surface area contributed by atoms with Gasteiger partial charge in [-0.15, -0.1) is 6.58 Å². The molecule has 1 aliphatic rings. The van der Waals surface area contributed by atoms with Crippen molar-refractivity contribution >= 4 is 5.97 Å². The van der Waals surface area contributed by atoms with Crippen molar-refractivity contribution in [2.45, 2.75) is 31.8 Å². The van der Waals surface area contributed by atoms with Crippen molar-refractivity contribution in [2.24, 2.45) is 0 Å². The van der Waals surface area contributed by atoms with Crippen LogP contribution in [0.4, 0.5) is 0 Å². The van der Waals surface area contributed by atoms with Crippen LogP contribution in [-0.2, 0) is 9.53 Å². The highest BCUT2D eigenvalue weighted by Gasteiger charge is 2.34. The zero-order chi connectivity index (χ0) is 7.61. The molecule has 0 unspecified atom stereocenters. The Morgan fingerprint density at radius 2 is 2.60 bits per heavy atom. The number of esters is 1. The van der Waals surface area contributed by atoms with Crippen LogP contribution in [0.5, 0.6) is 0 Å². The van der Waals surface area contributed by atoms with Gasteiger partial charge >= 0.3 is 5.97 Å². The molecule has 10 heavy (non-hydrogen) atoms. The molecule has 0 aromatic rings. The molecule has 1 fully saturated rings. The Kier molecular flexibility index (Phi) is 1.79. The zero-order valence-corrected chi connectivity index (χ0v) is 6.22. The second-order valence-electron chi connectivity index (χ2n) is 2.92. The van der Waals surface area contributed by atoms with Crippen LogP contribution >= 0.6 is 0 Å². The average Bonchev–Trinajstić information content (AvgIpc) is 2.12. The molecular weight excluding hydrogens is 128 g/mol. The standard InChI is InChI=1S/C8H12O2/c1-3-5-8(2)6-4-7(9)10-8/h3H,1,4-6H2,2H3/t8-/m0/s1. The van der Waals surface area contributed by atoms with Gasteiger partial charge in [-0.2, -0.15) is 0 Å². The van der Waals surface area contributed by atoms with Gasteiger partial charge in [-0.25, -0.2) is 0 Å². The van der Waals surface area contributed by atoms with E-state index in [9.17, 15) is 4.79 Å². The Hall–Kier alpha value is -0.790. The fourth-order valence-electron chi connectivity index (χ4n) is 1.19. The maximum atomic E-state index is 10.7.